The fraction of sp³-hybridized carbons (Fsp3) is 0. The number of hydrogen-bond acceptors (Lipinski definition) is 6. The Morgan fingerprint density at radius 2 is 0.814 bits per heavy atom. The highest BCUT2D eigenvalue weighted by molar-refractivity contribution is 7.26. The van der Waals surface area contributed by atoms with Crippen LogP contribution in [-0.4, -0.2) is 24.9 Å². The van der Waals surface area contributed by atoms with Crippen LogP contribution in [0.4, 0.5) is 0 Å². The zero-order valence-corrected chi connectivity index (χ0v) is 32.5. The molecule has 0 aliphatic rings. The molecule has 0 amide bonds. The van der Waals surface area contributed by atoms with E-state index in [9.17, 15) is 0 Å². The largest absolute Gasteiger partial charge is 0.254 e. The highest BCUT2D eigenvalue weighted by Gasteiger charge is 2.17. The van der Waals surface area contributed by atoms with Gasteiger partial charge in [0.15, 0.2) is 17.5 Å². The molecule has 5 nitrogen and oxygen atoms in total. The molecule has 4 aromatic heterocycles. The van der Waals surface area contributed by atoms with E-state index in [0.717, 1.165) is 66.8 Å². The third-order valence-corrected chi connectivity index (χ3v) is 12.0. The van der Waals surface area contributed by atoms with Crippen LogP contribution in [0.1, 0.15) is 0 Å². The minimum atomic E-state index is 0.629. The van der Waals surface area contributed by atoms with E-state index in [1.165, 1.54) is 25.7 Å². The Labute approximate surface area is 345 Å². The molecule has 0 saturated heterocycles. The number of pyridine rings is 2. The van der Waals surface area contributed by atoms with Gasteiger partial charge in [0.1, 0.15) is 0 Å². The van der Waals surface area contributed by atoms with Crippen molar-refractivity contribution in [2.45, 2.75) is 0 Å². The Balaban J connectivity index is 0.900. The molecule has 0 saturated carbocycles. The number of benzene rings is 7. The normalized spacial score (nSPS) is 11.4. The maximum absolute atomic E-state index is 5.13. The van der Waals surface area contributed by atoms with Crippen molar-refractivity contribution in [3.05, 3.63) is 200 Å². The van der Waals surface area contributed by atoms with Gasteiger partial charge in [-0.25, -0.2) is 19.9 Å². The molecule has 0 N–H and O–H groups in total. The lowest BCUT2D eigenvalue weighted by Crippen LogP contribution is -2.00. The van der Waals surface area contributed by atoms with Gasteiger partial charge in [-0.3, -0.25) is 4.98 Å². The molecule has 276 valence electrons. The molecule has 0 unspecified atom stereocenters. The van der Waals surface area contributed by atoms with Gasteiger partial charge in [-0.2, -0.15) is 0 Å². The smallest absolute Gasteiger partial charge is 0.164 e. The summed E-state index contributed by atoms with van der Waals surface area (Å²) in [5.41, 5.74) is 13.5. The van der Waals surface area contributed by atoms with Gasteiger partial charge in [0, 0.05) is 43.9 Å². The maximum atomic E-state index is 5.13. The van der Waals surface area contributed by atoms with Crippen LogP contribution >= 0.6 is 11.3 Å². The second-order valence-corrected chi connectivity index (χ2v) is 15.5. The standard InChI is InChI=1S/C53H33N5S/c1-3-11-34(12-4-1)35-26-30-41(31-27-35)52-56-51(40-13-5-2-6-14-40)57-53(58-52)43-16-9-15-42(33-43)38-22-20-36(21-23-38)37-24-28-39(29-25-37)48-50-47(44-17-7-8-19-46(44)59-50)49-45(55-48)18-10-32-54-49/h1-33H. The first-order valence-corrected chi connectivity index (χ1v) is 20.4. The molecule has 0 atom stereocenters. The Morgan fingerprint density at radius 1 is 0.339 bits per heavy atom. The van der Waals surface area contributed by atoms with Crippen LogP contribution in [-0.2, 0) is 0 Å². The number of rotatable bonds is 7. The van der Waals surface area contributed by atoms with Gasteiger partial charge in [-0.15, -0.1) is 11.3 Å². The quantitative estimate of drug-likeness (QED) is 0.161. The molecule has 11 rings (SSSR count). The van der Waals surface area contributed by atoms with Gasteiger partial charge in [-0.05, 0) is 57.6 Å². The van der Waals surface area contributed by atoms with Crippen molar-refractivity contribution < 1.29 is 0 Å². The molecule has 0 fully saturated rings. The lowest BCUT2D eigenvalue weighted by Gasteiger charge is -2.11. The lowest BCUT2D eigenvalue weighted by molar-refractivity contribution is 1.07. The SMILES string of the molecule is c1ccc(-c2ccc(-c3nc(-c4ccccc4)nc(-c4cccc(-c5ccc(-c6ccc(-c7nc8cccnc8c8c7sc7ccccc78)cc6)cc5)c4)n3)cc2)cc1. The molecule has 4 heterocycles. The van der Waals surface area contributed by atoms with Crippen LogP contribution < -0.4 is 0 Å². The molecule has 0 aliphatic heterocycles. The number of fused-ring (bicyclic) bond motifs is 5. The van der Waals surface area contributed by atoms with Gasteiger partial charge in [0.2, 0.25) is 0 Å². The highest BCUT2D eigenvalue weighted by Crippen LogP contribution is 2.42. The van der Waals surface area contributed by atoms with Gasteiger partial charge in [0.05, 0.1) is 21.4 Å². The van der Waals surface area contributed by atoms with Crippen molar-refractivity contribution in [1.29, 1.82) is 0 Å². The van der Waals surface area contributed by atoms with Crippen molar-refractivity contribution >= 4 is 42.5 Å². The third-order valence-electron chi connectivity index (χ3n) is 10.8. The Morgan fingerprint density at radius 3 is 1.47 bits per heavy atom. The minimum absolute atomic E-state index is 0.629. The summed E-state index contributed by atoms with van der Waals surface area (Å²) in [6.07, 6.45) is 1.85. The van der Waals surface area contributed by atoms with Crippen molar-refractivity contribution in [2.75, 3.05) is 0 Å². The monoisotopic (exact) mass is 771 g/mol. The molecule has 0 radical (unpaired) electrons. The highest BCUT2D eigenvalue weighted by atomic mass is 32.1. The van der Waals surface area contributed by atoms with Gasteiger partial charge < -0.3 is 0 Å². The van der Waals surface area contributed by atoms with Crippen LogP contribution in [0.15, 0.2) is 200 Å². The van der Waals surface area contributed by atoms with Crippen LogP contribution in [0.5, 0.6) is 0 Å². The molecular weight excluding hydrogens is 739 g/mol. The van der Waals surface area contributed by atoms with Crippen LogP contribution in [0.2, 0.25) is 0 Å². The summed E-state index contributed by atoms with van der Waals surface area (Å²) in [5, 5.41) is 2.40. The lowest BCUT2D eigenvalue weighted by atomic mass is 9.98. The zero-order valence-electron chi connectivity index (χ0n) is 31.7. The van der Waals surface area contributed by atoms with E-state index in [4.69, 9.17) is 24.9 Å². The first kappa shape index (κ1) is 34.6. The summed E-state index contributed by atoms with van der Waals surface area (Å²) in [5.74, 6) is 1.90. The van der Waals surface area contributed by atoms with Crippen LogP contribution in [0.25, 0.3) is 110 Å². The molecule has 6 heteroatoms. The van der Waals surface area contributed by atoms with Gasteiger partial charge in [-0.1, -0.05) is 170 Å². The molecular formula is C53H33N5S. The van der Waals surface area contributed by atoms with E-state index in [0.29, 0.717) is 17.5 Å². The molecule has 11 aromatic rings. The average Bonchev–Trinajstić information content (AvgIpc) is 3.72. The van der Waals surface area contributed by atoms with E-state index in [2.05, 4.69) is 152 Å². The third kappa shape index (κ3) is 6.52. The van der Waals surface area contributed by atoms with Crippen molar-refractivity contribution in [3.63, 3.8) is 0 Å². The maximum Gasteiger partial charge on any atom is 0.164 e. The van der Waals surface area contributed by atoms with Crippen LogP contribution in [0.3, 0.4) is 0 Å². The fourth-order valence-electron chi connectivity index (χ4n) is 7.80. The topological polar surface area (TPSA) is 64.5 Å². The van der Waals surface area contributed by atoms with Crippen molar-refractivity contribution in [2.24, 2.45) is 0 Å². The number of nitrogens with zero attached hydrogens (tertiary/aromatic N) is 5. The summed E-state index contributed by atoms with van der Waals surface area (Å²) in [7, 11) is 0. The summed E-state index contributed by atoms with van der Waals surface area (Å²) in [4.78, 5) is 24.9. The molecule has 0 aliphatic carbocycles. The Hall–Kier alpha value is -7.67. The van der Waals surface area contributed by atoms with Crippen molar-refractivity contribution in [1.82, 2.24) is 24.9 Å². The molecule has 7 aromatic carbocycles. The summed E-state index contributed by atoms with van der Waals surface area (Å²) >= 11 is 1.78. The summed E-state index contributed by atoms with van der Waals surface area (Å²) in [6.45, 7) is 0. The van der Waals surface area contributed by atoms with Crippen molar-refractivity contribution in [3.8, 4) is 78.8 Å². The number of hydrogen-bond donors (Lipinski definition) is 0. The predicted molar refractivity (Wildman–Crippen MR) is 244 cm³/mol. The Kier molecular flexibility index (Phi) is 8.60. The molecule has 59 heavy (non-hydrogen) atoms. The predicted octanol–water partition coefficient (Wildman–Crippen LogP) is 13.9. The number of thiophene rings is 1. The van der Waals surface area contributed by atoms with Gasteiger partial charge >= 0.3 is 0 Å². The second-order valence-electron chi connectivity index (χ2n) is 14.5. The average molecular weight is 772 g/mol. The minimum Gasteiger partial charge on any atom is -0.254 e. The van der Waals surface area contributed by atoms with E-state index in [1.807, 2.05) is 48.7 Å². The van der Waals surface area contributed by atoms with E-state index in [1.54, 1.807) is 11.3 Å². The molecule has 0 bridgehead atoms. The van der Waals surface area contributed by atoms with Gasteiger partial charge in [0.25, 0.3) is 0 Å². The number of aromatic nitrogens is 5. The summed E-state index contributed by atoms with van der Waals surface area (Å²) in [6, 6.07) is 67.4. The Bertz CT molecular complexity index is 3290. The van der Waals surface area contributed by atoms with Crippen LogP contribution in [0, 0.1) is 0 Å². The first-order chi connectivity index (χ1) is 29.2. The first-order valence-electron chi connectivity index (χ1n) is 19.6. The summed E-state index contributed by atoms with van der Waals surface area (Å²) < 4.78 is 2.41. The molecule has 0 spiro atoms. The second kappa shape index (κ2) is 14.7. The van der Waals surface area contributed by atoms with E-state index < -0.39 is 0 Å². The van der Waals surface area contributed by atoms with E-state index >= 15 is 0 Å². The fourth-order valence-corrected chi connectivity index (χ4v) is 9.02. The zero-order chi connectivity index (χ0) is 39.1. The van der Waals surface area contributed by atoms with E-state index in [-0.39, 0.29) is 0 Å².